The number of methoxy groups -OCH3 is 1. The molecular weight excluding hydrogens is 474 g/mol. The Labute approximate surface area is 216 Å². The number of aromatic nitrogens is 2. The van der Waals surface area contributed by atoms with Gasteiger partial charge in [-0.2, -0.15) is 0 Å². The lowest BCUT2D eigenvalue weighted by atomic mass is 10.1. The average molecular weight is 504 g/mol. The number of fused-ring (bicyclic) bond motifs is 1. The summed E-state index contributed by atoms with van der Waals surface area (Å²) in [6, 6.07) is 21.6. The first-order valence-corrected chi connectivity index (χ1v) is 12.7. The number of nitrogens with zero attached hydrogens (tertiary/aromatic N) is 3. The Morgan fingerprint density at radius 3 is 2.58 bits per heavy atom. The van der Waals surface area contributed by atoms with Crippen LogP contribution in [0.3, 0.4) is 0 Å². The second kappa shape index (κ2) is 10.6. The van der Waals surface area contributed by atoms with E-state index in [0.29, 0.717) is 19.6 Å². The molecule has 0 saturated carbocycles. The SMILES string of the molecule is COc1ccc(N2CC(c3nc4ccccc4n3CCCCOc3ccc(Cl)c(C)c3)CC2=O)cc1. The minimum absolute atomic E-state index is 0.0419. The Bertz CT molecular complexity index is 1370. The third-order valence-electron chi connectivity index (χ3n) is 6.73. The molecule has 2 heterocycles. The van der Waals surface area contributed by atoms with Crippen molar-refractivity contribution < 1.29 is 14.3 Å². The molecule has 1 aliphatic rings. The van der Waals surface area contributed by atoms with Gasteiger partial charge in [0.2, 0.25) is 5.91 Å². The van der Waals surface area contributed by atoms with Crippen molar-refractivity contribution >= 4 is 34.2 Å². The van der Waals surface area contributed by atoms with Gasteiger partial charge in [-0.1, -0.05) is 23.7 Å². The molecule has 3 aromatic carbocycles. The van der Waals surface area contributed by atoms with Crippen molar-refractivity contribution in [3.05, 3.63) is 83.1 Å². The minimum Gasteiger partial charge on any atom is -0.497 e. The van der Waals surface area contributed by atoms with Gasteiger partial charge in [-0.05, 0) is 79.9 Å². The summed E-state index contributed by atoms with van der Waals surface area (Å²) >= 11 is 6.11. The molecule has 4 aromatic rings. The van der Waals surface area contributed by atoms with E-state index in [0.717, 1.165) is 64.0 Å². The first-order valence-electron chi connectivity index (χ1n) is 12.3. The summed E-state index contributed by atoms with van der Waals surface area (Å²) in [6.45, 7) is 4.06. The quantitative estimate of drug-likeness (QED) is 0.248. The van der Waals surface area contributed by atoms with Crippen LogP contribution < -0.4 is 14.4 Å². The number of carbonyl (C=O) groups excluding carboxylic acids is 1. The number of halogens is 1. The number of carbonyl (C=O) groups is 1. The summed E-state index contributed by atoms with van der Waals surface area (Å²) in [6.07, 6.45) is 2.31. The van der Waals surface area contributed by atoms with Gasteiger partial charge in [0.15, 0.2) is 0 Å². The first-order chi connectivity index (χ1) is 17.5. The van der Waals surface area contributed by atoms with Gasteiger partial charge in [0.1, 0.15) is 17.3 Å². The predicted molar refractivity (Wildman–Crippen MR) is 143 cm³/mol. The number of rotatable bonds is 9. The highest BCUT2D eigenvalue weighted by atomic mass is 35.5. The maximum absolute atomic E-state index is 13.0. The number of aryl methyl sites for hydroxylation is 2. The number of hydrogen-bond acceptors (Lipinski definition) is 4. The Morgan fingerprint density at radius 2 is 1.81 bits per heavy atom. The Hall–Kier alpha value is -3.51. The summed E-state index contributed by atoms with van der Waals surface area (Å²) in [5, 5.41) is 0.748. The van der Waals surface area contributed by atoms with Crippen LogP contribution in [-0.2, 0) is 11.3 Å². The minimum atomic E-state index is 0.0419. The zero-order valence-electron chi connectivity index (χ0n) is 20.6. The molecule has 1 aromatic heterocycles. The maximum atomic E-state index is 13.0. The van der Waals surface area contributed by atoms with Crippen LogP contribution in [0.4, 0.5) is 5.69 Å². The summed E-state index contributed by atoms with van der Waals surface area (Å²) in [5.74, 6) is 2.76. The number of unbranched alkanes of at least 4 members (excludes halogenated alkanes) is 1. The summed E-state index contributed by atoms with van der Waals surface area (Å²) in [7, 11) is 1.64. The second-order valence-corrected chi connectivity index (χ2v) is 9.59. The van der Waals surface area contributed by atoms with E-state index < -0.39 is 0 Å². The molecule has 1 aliphatic heterocycles. The second-order valence-electron chi connectivity index (χ2n) is 9.18. The molecule has 5 rings (SSSR count). The Kier molecular flexibility index (Phi) is 7.14. The molecule has 1 unspecified atom stereocenters. The van der Waals surface area contributed by atoms with Gasteiger partial charge < -0.3 is 18.9 Å². The van der Waals surface area contributed by atoms with Gasteiger partial charge in [0.25, 0.3) is 0 Å². The number of ether oxygens (including phenoxy) is 2. The van der Waals surface area contributed by atoms with Crippen molar-refractivity contribution in [3.8, 4) is 11.5 Å². The van der Waals surface area contributed by atoms with Crippen LogP contribution in [0.25, 0.3) is 11.0 Å². The molecule has 0 aliphatic carbocycles. The molecule has 6 nitrogen and oxygen atoms in total. The summed E-state index contributed by atoms with van der Waals surface area (Å²) < 4.78 is 13.5. The number of imidazole rings is 1. The molecular formula is C29H30ClN3O3. The van der Waals surface area contributed by atoms with E-state index in [4.69, 9.17) is 26.1 Å². The van der Waals surface area contributed by atoms with E-state index in [1.54, 1.807) is 7.11 Å². The highest BCUT2D eigenvalue weighted by Crippen LogP contribution is 2.34. The summed E-state index contributed by atoms with van der Waals surface area (Å²) in [5.41, 5.74) is 3.98. The van der Waals surface area contributed by atoms with E-state index in [-0.39, 0.29) is 11.8 Å². The predicted octanol–water partition coefficient (Wildman–Crippen LogP) is 6.39. The van der Waals surface area contributed by atoms with Crippen LogP contribution in [0.15, 0.2) is 66.7 Å². The normalized spacial score (nSPS) is 15.6. The monoisotopic (exact) mass is 503 g/mol. The van der Waals surface area contributed by atoms with E-state index in [9.17, 15) is 4.79 Å². The molecule has 1 atom stereocenters. The van der Waals surface area contributed by atoms with Crippen LogP contribution >= 0.6 is 11.6 Å². The summed E-state index contributed by atoms with van der Waals surface area (Å²) in [4.78, 5) is 19.8. The van der Waals surface area contributed by atoms with Gasteiger partial charge in [0.05, 0.1) is 24.8 Å². The third kappa shape index (κ3) is 5.05. The van der Waals surface area contributed by atoms with Crippen LogP contribution in [-0.4, -0.2) is 35.7 Å². The molecule has 186 valence electrons. The van der Waals surface area contributed by atoms with Crippen LogP contribution in [0.2, 0.25) is 5.02 Å². The molecule has 1 fully saturated rings. The topological polar surface area (TPSA) is 56.6 Å². The van der Waals surface area contributed by atoms with Crippen molar-refractivity contribution in [1.82, 2.24) is 9.55 Å². The lowest BCUT2D eigenvalue weighted by Gasteiger charge is -2.18. The van der Waals surface area contributed by atoms with Gasteiger partial charge >= 0.3 is 0 Å². The van der Waals surface area contributed by atoms with Crippen molar-refractivity contribution in [2.24, 2.45) is 0 Å². The largest absolute Gasteiger partial charge is 0.497 e. The Morgan fingerprint density at radius 1 is 1.03 bits per heavy atom. The lowest BCUT2D eigenvalue weighted by molar-refractivity contribution is -0.117. The van der Waals surface area contributed by atoms with E-state index in [2.05, 4.69) is 10.6 Å². The fourth-order valence-corrected chi connectivity index (χ4v) is 4.92. The number of hydrogen-bond donors (Lipinski definition) is 0. The number of amides is 1. The van der Waals surface area contributed by atoms with E-state index in [1.807, 2.05) is 72.5 Å². The Balaban J connectivity index is 1.27. The number of benzene rings is 3. The van der Waals surface area contributed by atoms with Gasteiger partial charge in [-0.15, -0.1) is 0 Å². The molecule has 36 heavy (non-hydrogen) atoms. The molecule has 1 saturated heterocycles. The zero-order valence-corrected chi connectivity index (χ0v) is 21.4. The standard InChI is InChI=1S/C29H30ClN3O3/c1-20-17-24(13-14-25(20)30)36-16-6-5-15-32-27-8-4-3-7-26(27)31-29(32)21-18-28(34)33(19-21)22-9-11-23(35-2)12-10-22/h3-4,7-14,17,21H,5-6,15-16,18-19H2,1-2H3. The number of anilines is 1. The van der Waals surface area contributed by atoms with E-state index in [1.165, 1.54) is 0 Å². The smallest absolute Gasteiger partial charge is 0.227 e. The lowest BCUT2D eigenvalue weighted by Crippen LogP contribution is -2.24. The highest BCUT2D eigenvalue weighted by Gasteiger charge is 2.34. The number of para-hydroxylation sites is 2. The molecule has 7 heteroatoms. The third-order valence-corrected chi connectivity index (χ3v) is 7.16. The van der Waals surface area contributed by atoms with Crippen molar-refractivity contribution in [3.63, 3.8) is 0 Å². The fraction of sp³-hybridized carbons (Fsp3) is 0.310. The van der Waals surface area contributed by atoms with Crippen LogP contribution in [0.5, 0.6) is 11.5 Å². The molecule has 1 amide bonds. The van der Waals surface area contributed by atoms with Crippen LogP contribution in [0, 0.1) is 6.92 Å². The molecule has 0 bridgehead atoms. The fourth-order valence-electron chi connectivity index (χ4n) is 4.80. The van der Waals surface area contributed by atoms with Gasteiger partial charge in [0, 0.05) is 36.1 Å². The first kappa shape index (κ1) is 24.2. The zero-order chi connectivity index (χ0) is 25.1. The van der Waals surface area contributed by atoms with Crippen molar-refractivity contribution in [2.75, 3.05) is 25.2 Å². The van der Waals surface area contributed by atoms with Crippen LogP contribution in [0.1, 0.15) is 36.6 Å². The highest BCUT2D eigenvalue weighted by molar-refractivity contribution is 6.31. The molecule has 0 spiro atoms. The van der Waals surface area contributed by atoms with Gasteiger partial charge in [-0.25, -0.2) is 4.98 Å². The molecule has 0 N–H and O–H groups in total. The molecule has 0 radical (unpaired) electrons. The van der Waals surface area contributed by atoms with E-state index >= 15 is 0 Å². The van der Waals surface area contributed by atoms with Gasteiger partial charge in [-0.3, -0.25) is 4.79 Å². The van der Waals surface area contributed by atoms with Crippen molar-refractivity contribution in [1.29, 1.82) is 0 Å². The van der Waals surface area contributed by atoms with Crippen molar-refractivity contribution in [2.45, 2.75) is 38.6 Å². The maximum Gasteiger partial charge on any atom is 0.227 e. The average Bonchev–Trinajstić information content (AvgIpc) is 3.46.